The van der Waals surface area contributed by atoms with Gasteiger partial charge in [0, 0.05) is 33.3 Å². The number of halogens is 1. The summed E-state index contributed by atoms with van der Waals surface area (Å²) in [5, 5.41) is 0. The van der Waals surface area contributed by atoms with E-state index >= 15 is 0 Å². The van der Waals surface area contributed by atoms with Gasteiger partial charge in [0.15, 0.2) is 0 Å². The van der Waals surface area contributed by atoms with E-state index in [1.165, 1.54) is 6.07 Å². The van der Waals surface area contributed by atoms with Crippen LogP contribution in [0.25, 0.3) is 0 Å². The smallest absolute Gasteiger partial charge is 0.123 e. The van der Waals surface area contributed by atoms with Gasteiger partial charge in [-0.3, -0.25) is 4.90 Å². The third-order valence-electron chi connectivity index (χ3n) is 3.65. The van der Waals surface area contributed by atoms with Crippen LogP contribution in [0, 0.1) is 5.82 Å². The van der Waals surface area contributed by atoms with Crippen LogP contribution in [-0.4, -0.2) is 31.2 Å². The van der Waals surface area contributed by atoms with Crippen LogP contribution in [0.1, 0.15) is 24.0 Å². The number of methoxy groups -OCH3 is 1. The summed E-state index contributed by atoms with van der Waals surface area (Å²) in [6.07, 6.45) is 2.47. The Morgan fingerprint density at radius 2 is 2.06 bits per heavy atom. The third kappa shape index (κ3) is 3.28. The largest absolute Gasteiger partial charge is 0.381 e. The molecule has 1 aromatic carbocycles. The minimum absolute atomic E-state index is 0.186. The normalized spacial score (nSPS) is 18.2. The van der Waals surface area contributed by atoms with Gasteiger partial charge in [0.2, 0.25) is 0 Å². The Kier molecular flexibility index (Phi) is 4.69. The lowest BCUT2D eigenvalue weighted by molar-refractivity contribution is 0.0388. The first-order valence-corrected chi connectivity index (χ1v) is 6.45. The molecule has 1 fully saturated rings. The van der Waals surface area contributed by atoms with Crippen LogP contribution in [0.3, 0.4) is 0 Å². The molecule has 3 nitrogen and oxygen atoms in total. The number of hydrogen-bond donors (Lipinski definition) is 1. The molecule has 0 atom stereocenters. The van der Waals surface area contributed by atoms with Crippen molar-refractivity contribution in [3.05, 3.63) is 35.1 Å². The second kappa shape index (κ2) is 6.27. The SMILES string of the molecule is COC1CCN(Cc2cc(F)ccc2CN)CC1. The maximum Gasteiger partial charge on any atom is 0.123 e. The second-order valence-corrected chi connectivity index (χ2v) is 4.83. The first-order chi connectivity index (χ1) is 8.72. The number of likely N-dealkylation sites (tertiary alicyclic amines) is 1. The molecule has 1 heterocycles. The summed E-state index contributed by atoms with van der Waals surface area (Å²) in [4.78, 5) is 2.34. The van der Waals surface area contributed by atoms with E-state index < -0.39 is 0 Å². The molecule has 0 spiro atoms. The first kappa shape index (κ1) is 13.5. The van der Waals surface area contributed by atoms with E-state index in [1.54, 1.807) is 19.2 Å². The topological polar surface area (TPSA) is 38.5 Å². The van der Waals surface area contributed by atoms with Gasteiger partial charge in [0.1, 0.15) is 5.82 Å². The van der Waals surface area contributed by atoms with Gasteiger partial charge in [-0.1, -0.05) is 6.07 Å². The predicted molar refractivity (Wildman–Crippen MR) is 69.6 cm³/mol. The van der Waals surface area contributed by atoms with Gasteiger partial charge in [-0.25, -0.2) is 4.39 Å². The lowest BCUT2D eigenvalue weighted by Crippen LogP contribution is -2.36. The zero-order valence-corrected chi connectivity index (χ0v) is 10.9. The molecular weight excluding hydrogens is 231 g/mol. The summed E-state index contributed by atoms with van der Waals surface area (Å²) in [5.41, 5.74) is 7.73. The fourth-order valence-electron chi connectivity index (χ4n) is 2.48. The number of nitrogens with zero attached hydrogens (tertiary/aromatic N) is 1. The third-order valence-corrected chi connectivity index (χ3v) is 3.65. The highest BCUT2D eigenvalue weighted by molar-refractivity contribution is 5.27. The lowest BCUT2D eigenvalue weighted by atomic mass is 10.0. The highest BCUT2D eigenvalue weighted by atomic mass is 19.1. The fraction of sp³-hybridized carbons (Fsp3) is 0.571. The molecule has 1 aromatic rings. The molecule has 0 bridgehead atoms. The van der Waals surface area contributed by atoms with E-state index in [4.69, 9.17) is 10.5 Å². The van der Waals surface area contributed by atoms with Crippen molar-refractivity contribution in [2.45, 2.75) is 32.0 Å². The number of ether oxygens (including phenoxy) is 1. The lowest BCUT2D eigenvalue weighted by Gasteiger charge is -2.31. The van der Waals surface area contributed by atoms with Crippen molar-refractivity contribution in [1.29, 1.82) is 0 Å². The number of nitrogens with two attached hydrogens (primary N) is 1. The molecule has 4 heteroatoms. The molecule has 1 aliphatic heterocycles. The Bertz CT molecular complexity index is 389. The Morgan fingerprint density at radius 1 is 1.33 bits per heavy atom. The van der Waals surface area contributed by atoms with Crippen molar-refractivity contribution in [3.8, 4) is 0 Å². The van der Waals surface area contributed by atoms with Gasteiger partial charge in [-0.05, 0) is 36.1 Å². The molecule has 100 valence electrons. The average molecular weight is 252 g/mol. The highest BCUT2D eigenvalue weighted by Crippen LogP contribution is 2.18. The quantitative estimate of drug-likeness (QED) is 0.889. The number of piperidine rings is 1. The van der Waals surface area contributed by atoms with E-state index in [0.717, 1.165) is 43.6 Å². The summed E-state index contributed by atoms with van der Waals surface area (Å²) < 4.78 is 18.6. The van der Waals surface area contributed by atoms with Crippen molar-refractivity contribution in [2.24, 2.45) is 5.73 Å². The van der Waals surface area contributed by atoms with E-state index in [2.05, 4.69) is 4.90 Å². The first-order valence-electron chi connectivity index (χ1n) is 6.45. The maximum absolute atomic E-state index is 13.3. The van der Waals surface area contributed by atoms with Crippen LogP contribution in [0.15, 0.2) is 18.2 Å². The molecule has 0 aromatic heterocycles. The summed E-state index contributed by atoms with van der Waals surface area (Å²) >= 11 is 0. The van der Waals surface area contributed by atoms with E-state index in [0.29, 0.717) is 12.6 Å². The molecule has 0 amide bonds. The fourth-order valence-corrected chi connectivity index (χ4v) is 2.48. The van der Waals surface area contributed by atoms with Gasteiger partial charge in [-0.15, -0.1) is 0 Å². The Morgan fingerprint density at radius 3 is 2.67 bits per heavy atom. The predicted octanol–water partition coefficient (Wildman–Crippen LogP) is 1.90. The minimum atomic E-state index is -0.186. The van der Waals surface area contributed by atoms with Crippen LogP contribution >= 0.6 is 0 Å². The summed E-state index contributed by atoms with van der Waals surface area (Å²) in [6.45, 7) is 3.24. The summed E-state index contributed by atoms with van der Waals surface area (Å²) in [5.74, 6) is -0.186. The summed E-state index contributed by atoms with van der Waals surface area (Å²) in [6, 6.07) is 4.86. The Balaban J connectivity index is 1.99. The van der Waals surface area contributed by atoms with Gasteiger partial charge < -0.3 is 10.5 Å². The van der Waals surface area contributed by atoms with Crippen molar-refractivity contribution in [1.82, 2.24) is 4.90 Å². The monoisotopic (exact) mass is 252 g/mol. The Labute approximate surface area is 108 Å². The zero-order valence-electron chi connectivity index (χ0n) is 10.9. The summed E-state index contributed by atoms with van der Waals surface area (Å²) in [7, 11) is 1.76. The van der Waals surface area contributed by atoms with Gasteiger partial charge >= 0.3 is 0 Å². The molecule has 0 unspecified atom stereocenters. The Hall–Kier alpha value is -0.970. The van der Waals surface area contributed by atoms with Crippen LogP contribution < -0.4 is 5.73 Å². The van der Waals surface area contributed by atoms with Crippen molar-refractivity contribution < 1.29 is 9.13 Å². The molecule has 18 heavy (non-hydrogen) atoms. The van der Waals surface area contributed by atoms with Gasteiger partial charge in [-0.2, -0.15) is 0 Å². The van der Waals surface area contributed by atoms with Crippen LogP contribution in [0.2, 0.25) is 0 Å². The van der Waals surface area contributed by atoms with Gasteiger partial charge in [0.25, 0.3) is 0 Å². The standard InChI is InChI=1S/C14H21FN2O/c1-18-14-4-6-17(7-5-14)10-12-8-13(15)3-2-11(12)9-16/h2-3,8,14H,4-7,9-10,16H2,1H3. The van der Waals surface area contributed by atoms with E-state index in [1.807, 2.05) is 0 Å². The minimum Gasteiger partial charge on any atom is -0.381 e. The van der Waals surface area contributed by atoms with Crippen molar-refractivity contribution in [3.63, 3.8) is 0 Å². The van der Waals surface area contributed by atoms with Gasteiger partial charge in [0.05, 0.1) is 6.10 Å². The maximum atomic E-state index is 13.3. The van der Waals surface area contributed by atoms with Crippen LogP contribution in [0.5, 0.6) is 0 Å². The molecule has 2 rings (SSSR count). The zero-order chi connectivity index (χ0) is 13.0. The molecule has 0 saturated carbocycles. The molecular formula is C14H21FN2O. The molecule has 0 radical (unpaired) electrons. The van der Waals surface area contributed by atoms with Crippen LogP contribution in [0.4, 0.5) is 4.39 Å². The van der Waals surface area contributed by atoms with Crippen molar-refractivity contribution >= 4 is 0 Å². The average Bonchev–Trinajstić information content (AvgIpc) is 2.40. The number of rotatable bonds is 4. The van der Waals surface area contributed by atoms with E-state index in [-0.39, 0.29) is 5.82 Å². The van der Waals surface area contributed by atoms with E-state index in [9.17, 15) is 4.39 Å². The second-order valence-electron chi connectivity index (χ2n) is 4.83. The molecule has 1 aliphatic rings. The highest BCUT2D eigenvalue weighted by Gasteiger charge is 2.19. The molecule has 1 saturated heterocycles. The number of benzene rings is 1. The molecule has 0 aliphatic carbocycles. The molecule has 2 N–H and O–H groups in total. The number of hydrogen-bond acceptors (Lipinski definition) is 3. The van der Waals surface area contributed by atoms with Crippen LogP contribution in [-0.2, 0) is 17.8 Å². The van der Waals surface area contributed by atoms with Crippen molar-refractivity contribution in [2.75, 3.05) is 20.2 Å².